The molecule has 0 bridgehead atoms. The van der Waals surface area contributed by atoms with E-state index in [4.69, 9.17) is 23.2 Å². The summed E-state index contributed by atoms with van der Waals surface area (Å²) < 4.78 is 27.1. The summed E-state index contributed by atoms with van der Waals surface area (Å²) in [4.78, 5) is 29.7. The van der Waals surface area contributed by atoms with Gasteiger partial charge in [0.1, 0.15) is 12.6 Å². The van der Waals surface area contributed by atoms with E-state index in [2.05, 4.69) is 5.32 Å². The average Bonchev–Trinajstić information content (AvgIpc) is 2.95. The first kappa shape index (κ1) is 31.9. The number of amides is 2. The Morgan fingerprint density at radius 2 is 1.62 bits per heavy atom. The number of hydrogen-bond donors (Lipinski definition) is 1. The van der Waals surface area contributed by atoms with Gasteiger partial charge in [-0.15, -0.1) is 0 Å². The van der Waals surface area contributed by atoms with Gasteiger partial charge in [0.2, 0.25) is 21.8 Å². The van der Waals surface area contributed by atoms with Crippen molar-refractivity contribution in [3.8, 4) is 0 Å². The third-order valence-corrected chi connectivity index (χ3v) is 9.36. The maximum Gasteiger partial charge on any atom is 0.244 e. The minimum absolute atomic E-state index is 0.0330. The number of nitrogens with zero attached hydrogens (tertiary/aromatic N) is 2. The third kappa shape index (κ3) is 8.49. The van der Waals surface area contributed by atoms with Crippen LogP contribution in [-0.2, 0) is 32.6 Å². The van der Waals surface area contributed by atoms with Gasteiger partial charge in [0.25, 0.3) is 0 Å². The van der Waals surface area contributed by atoms with E-state index in [1.807, 2.05) is 36.4 Å². The number of sulfonamides is 1. The van der Waals surface area contributed by atoms with E-state index in [0.29, 0.717) is 26.9 Å². The summed E-state index contributed by atoms with van der Waals surface area (Å²) in [6.07, 6.45) is 6.32. The third-order valence-electron chi connectivity index (χ3n) is 7.63. The quantitative estimate of drug-likeness (QED) is 0.275. The zero-order valence-electron chi connectivity index (χ0n) is 23.9. The first-order valence-corrected chi connectivity index (χ1v) is 16.7. The Balaban J connectivity index is 1.74. The van der Waals surface area contributed by atoms with E-state index >= 15 is 0 Å². The van der Waals surface area contributed by atoms with Gasteiger partial charge in [0.15, 0.2) is 0 Å². The number of nitrogens with one attached hydrogen (secondary N) is 1. The highest BCUT2D eigenvalue weighted by atomic mass is 35.5. The summed E-state index contributed by atoms with van der Waals surface area (Å²) in [5.74, 6) is -0.783. The van der Waals surface area contributed by atoms with E-state index in [1.165, 1.54) is 4.90 Å². The van der Waals surface area contributed by atoms with E-state index in [9.17, 15) is 18.0 Å². The number of rotatable bonds is 11. The Morgan fingerprint density at radius 1 is 0.952 bits per heavy atom. The van der Waals surface area contributed by atoms with Gasteiger partial charge >= 0.3 is 0 Å². The number of carbonyl (C=O) groups excluding carboxylic acids is 2. The summed E-state index contributed by atoms with van der Waals surface area (Å²) in [6.45, 7) is 1.28. The van der Waals surface area contributed by atoms with Gasteiger partial charge in [0, 0.05) is 29.1 Å². The summed E-state index contributed by atoms with van der Waals surface area (Å²) in [6, 6.07) is 20.6. The molecule has 1 N–H and O–H groups in total. The standard InChI is InChI=1S/C32H37Cl2N3O4S/c1-23-19-26(33)17-18-29(23)37(42(2,40)41)22-31(38)36(21-25-13-9-10-16-28(25)34)30(20-24-11-5-3-6-12-24)32(39)35-27-14-7-4-8-15-27/h3,5-6,9-13,16-19,27,30H,4,7-8,14-15,20-22H2,1-2H3,(H,35,39)/t30-/m1/s1. The minimum atomic E-state index is -3.87. The first-order valence-electron chi connectivity index (χ1n) is 14.1. The van der Waals surface area contributed by atoms with Crippen LogP contribution >= 0.6 is 23.2 Å². The predicted octanol–water partition coefficient (Wildman–Crippen LogP) is 6.16. The maximum atomic E-state index is 14.3. The second-order valence-corrected chi connectivity index (χ2v) is 13.6. The SMILES string of the molecule is Cc1cc(Cl)ccc1N(CC(=O)N(Cc1ccccc1Cl)[C@H](Cc1ccccc1)C(=O)NC1CCCCC1)S(C)(=O)=O. The maximum absolute atomic E-state index is 14.3. The number of anilines is 1. The van der Waals surface area contributed by atoms with Crippen molar-refractivity contribution in [2.24, 2.45) is 0 Å². The van der Waals surface area contributed by atoms with E-state index < -0.39 is 28.5 Å². The number of hydrogen-bond acceptors (Lipinski definition) is 4. The molecule has 0 aromatic heterocycles. The van der Waals surface area contributed by atoms with Crippen LogP contribution < -0.4 is 9.62 Å². The monoisotopic (exact) mass is 629 g/mol. The van der Waals surface area contributed by atoms with Crippen LogP contribution in [0.1, 0.15) is 48.8 Å². The molecular formula is C32H37Cl2N3O4S. The molecule has 1 aliphatic carbocycles. The summed E-state index contributed by atoms with van der Waals surface area (Å²) in [5.41, 5.74) is 2.49. The number of halogens is 2. The minimum Gasteiger partial charge on any atom is -0.352 e. The summed E-state index contributed by atoms with van der Waals surface area (Å²) in [5, 5.41) is 4.10. The second kappa shape index (κ2) is 14.4. The van der Waals surface area contributed by atoms with Crippen LogP contribution in [-0.4, -0.2) is 50.0 Å². The molecule has 7 nitrogen and oxygen atoms in total. The molecule has 1 aliphatic rings. The zero-order chi connectivity index (χ0) is 30.3. The Hall–Kier alpha value is -3.07. The lowest BCUT2D eigenvalue weighted by molar-refractivity contribution is -0.140. The highest BCUT2D eigenvalue weighted by Crippen LogP contribution is 2.27. The summed E-state index contributed by atoms with van der Waals surface area (Å²) in [7, 11) is -3.87. The largest absolute Gasteiger partial charge is 0.352 e. The Labute approximate surface area is 258 Å². The lowest BCUT2D eigenvalue weighted by atomic mass is 9.94. The molecule has 42 heavy (non-hydrogen) atoms. The van der Waals surface area contributed by atoms with Gasteiger partial charge in [-0.05, 0) is 60.7 Å². The second-order valence-electron chi connectivity index (χ2n) is 10.9. The number of carbonyl (C=O) groups is 2. The van der Waals surface area contributed by atoms with Crippen molar-refractivity contribution < 1.29 is 18.0 Å². The molecule has 0 radical (unpaired) electrons. The molecule has 224 valence electrons. The molecule has 10 heteroatoms. The van der Waals surface area contributed by atoms with Crippen LogP contribution in [0.2, 0.25) is 10.0 Å². The molecule has 1 atom stereocenters. The molecule has 0 aliphatic heterocycles. The lowest BCUT2D eigenvalue weighted by Crippen LogP contribution is -2.55. The topological polar surface area (TPSA) is 86.8 Å². The molecule has 0 unspecified atom stereocenters. The molecule has 0 heterocycles. The fraction of sp³-hybridized carbons (Fsp3) is 0.375. The molecule has 1 fully saturated rings. The van der Waals surface area contributed by atoms with Crippen molar-refractivity contribution in [1.29, 1.82) is 0 Å². The van der Waals surface area contributed by atoms with Crippen molar-refractivity contribution in [1.82, 2.24) is 10.2 Å². The highest BCUT2D eigenvalue weighted by Gasteiger charge is 2.34. The molecular weight excluding hydrogens is 593 g/mol. The molecule has 3 aromatic rings. The van der Waals surface area contributed by atoms with Crippen molar-refractivity contribution in [2.45, 2.75) is 64.1 Å². The van der Waals surface area contributed by atoms with Gasteiger partial charge in [0.05, 0.1) is 11.9 Å². The van der Waals surface area contributed by atoms with Gasteiger partial charge in [-0.3, -0.25) is 13.9 Å². The Kier molecular flexibility index (Phi) is 10.9. The molecule has 3 aromatic carbocycles. The van der Waals surface area contributed by atoms with Crippen LogP contribution in [0.15, 0.2) is 72.8 Å². The molecule has 4 rings (SSSR count). The Bertz CT molecular complexity index is 1490. The van der Waals surface area contributed by atoms with Crippen LogP contribution in [0.3, 0.4) is 0 Å². The molecule has 0 spiro atoms. The fourth-order valence-electron chi connectivity index (χ4n) is 5.40. The predicted molar refractivity (Wildman–Crippen MR) is 169 cm³/mol. The van der Waals surface area contributed by atoms with Gasteiger partial charge in [-0.25, -0.2) is 8.42 Å². The highest BCUT2D eigenvalue weighted by molar-refractivity contribution is 7.92. The number of aryl methyl sites for hydroxylation is 1. The Morgan fingerprint density at radius 3 is 2.26 bits per heavy atom. The molecule has 2 amide bonds. The van der Waals surface area contributed by atoms with Crippen LogP contribution in [0, 0.1) is 6.92 Å². The van der Waals surface area contributed by atoms with E-state index in [1.54, 1.807) is 43.3 Å². The zero-order valence-corrected chi connectivity index (χ0v) is 26.3. The number of benzene rings is 3. The average molecular weight is 631 g/mol. The fourth-order valence-corrected chi connectivity index (χ4v) is 6.73. The van der Waals surface area contributed by atoms with E-state index in [-0.39, 0.29) is 24.9 Å². The normalized spacial score (nSPS) is 14.7. The van der Waals surface area contributed by atoms with Crippen LogP contribution in [0.5, 0.6) is 0 Å². The smallest absolute Gasteiger partial charge is 0.244 e. The van der Waals surface area contributed by atoms with Crippen molar-refractivity contribution >= 4 is 50.7 Å². The molecule has 0 saturated heterocycles. The van der Waals surface area contributed by atoms with Crippen molar-refractivity contribution in [3.63, 3.8) is 0 Å². The van der Waals surface area contributed by atoms with Gasteiger partial charge < -0.3 is 10.2 Å². The van der Waals surface area contributed by atoms with Crippen LogP contribution in [0.4, 0.5) is 5.69 Å². The van der Waals surface area contributed by atoms with E-state index in [0.717, 1.165) is 48.2 Å². The van der Waals surface area contributed by atoms with Crippen LogP contribution in [0.25, 0.3) is 0 Å². The summed E-state index contributed by atoms with van der Waals surface area (Å²) >= 11 is 12.7. The van der Waals surface area contributed by atoms with Gasteiger partial charge in [-0.2, -0.15) is 0 Å². The first-order chi connectivity index (χ1) is 20.0. The lowest BCUT2D eigenvalue weighted by Gasteiger charge is -2.35. The van der Waals surface area contributed by atoms with Gasteiger partial charge in [-0.1, -0.05) is 91.0 Å². The van der Waals surface area contributed by atoms with Crippen molar-refractivity contribution in [2.75, 3.05) is 17.1 Å². The van der Waals surface area contributed by atoms with Crippen molar-refractivity contribution in [3.05, 3.63) is 99.5 Å². The molecule has 1 saturated carbocycles.